The highest BCUT2D eigenvalue weighted by atomic mass is 16.4. The number of benzene rings is 1. The first-order valence-electron chi connectivity index (χ1n) is 6.98. The molecule has 0 bridgehead atoms. The van der Waals surface area contributed by atoms with Crippen molar-refractivity contribution in [3.8, 4) is 0 Å². The number of carboxylic acid groups (broad SMARTS) is 2. The van der Waals surface area contributed by atoms with Gasteiger partial charge in [-0.25, -0.2) is 4.79 Å². The zero-order valence-corrected chi connectivity index (χ0v) is 12.9. The predicted molar refractivity (Wildman–Crippen MR) is 83.2 cm³/mol. The lowest BCUT2D eigenvalue weighted by Gasteiger charge is -1.97. The molecule has 0 saturated carbocycles. The van der Waals surface area contributed by atoms with Gasteiger partial charge in [-0.15, -0.1) is 0 Å². The van der Waals surface area contributed by atoms with Crippen molar-refractivity contribution in [2.75, 3.05) is 0 Å². The molecule has 1 aromatic rings. The lowest BCUT2D eigenvalue weighted by atomic mass is 10.1. The first-order chi connectivity index (χ1) is 9.82. The molecule has 0 aliphatic heterocycles. The second-order valence-electron chi connectivity index (χ2n) is 5.21. The van der Waals surface area contributed by atoms with Crippen LogP contribution in [0.15, 0.2) is 42.0 Å². The van der Waals surface area contributed by atoms with Crippen molar-refractivity contribution < 1.29 is 19.8 Å². The SMILES string of the molecule is CC(=CCc1ccccc1)C(=O)O.CC(C)CCC(=O)O. The fourth-order valence-electron chi connectivity index (χ4n) is 1.38. The molecule has 0 saturated heterocycles. The van der Waals surface area contributed by atoms with Crippen LogP contribution in [0.2, 0.25) is 0 Å². The molecule has 0 aliphatic rings. The Morgan fingerprint density at radius 3 is 2.10 bits per heavy atom. The molecule has 0 atom stereocenters. The molecule has 0 radical (unpaired) electrons. The second kappa shape index (κ2) is 10.7. The molecule has 0 fully saturated rings. The van der Waals surface area contributed by atoms with Crippen LogP contribution < -0.4 is 0 Å². The summed E-state index contributed by atoms with van der Waals surface area (Å²) < 4.78 is 0. The zero-order chi connectivity index (χ0) is 16.3. The minimum absolute atomic E-state index is 0.303. The van der Waals surface area contributed by atoms with E-state index in [9.17, 15) is 9.59 Å². The Labute approximate surface area is 126 Å². The van der Waals surface area contributed by atoms with Crippen molar-refractivity contribution in [1.29, 1.82) is 0 Å². The first-order valence-corrected chi connectivity index (χ1v) is 6.98. The third-order valence-corrected chi connectivity index (χ3v) is 2.76. The summed E-state index contributed by atoms with van der Waals surface area (Å²) >= 11 is 0. The number of aliphatic carboxylic acids is 2. The molecule has 0 aromatic heterocycles. The summed E-state index contributed by atoms with van der Waals surface area (Å²) in [6.07, 6.45) is 3.49. The molecular weight excluding hydrogens is 268 g/mol. The fourth-order valence-corrected chi connectivity index (χ4v) is 1.38. The third-order valence-electron chi connectivity index (χ3n) is 2.76. The average molecular weight is 292 g/mol. The van der Waals surface area contributed by atoms with Crippen molar-refractivity contribution in [3.05, 3.63) is 47.5 Å². The number of hydrogen-bond donors (Lipinski definition) is 2. The summed E-state index contributed by atoms with van der Waals surface area (Å²) in [4.78, 5) is 20.4. The van der Waals surface area contributed by atoms with Crippen molar-refractivity contribution in [1.82, 2.24) is 0 Å². The van der Waals surface area contributed by atoms with Gasteiger partial charge in [0.1, 0.15) is 0 Å². The minimum atomic E-state index is -0.851. The molecule has 1 aromatic carbocycles. The van der Waals surface area contributed by atoms with Crippen molar-refractivity contribution in [2.45, 2.75) is 40.0 Å². The molecule has 2 N–H and O–H groups in total. The van der Waals surface area contributed by atoms with E-state index in [1.807, 2.05) is 44.2 Å². The number of allylic oxidation sites excluding steroid dienone is 1. The van der Waals surface area contributed by atoms with E-state index in [0.29, 0.717) is 24.3 Å². The van der Waals surface area contributed by atoms with E-state index in [1.54, 1.807) is 13.0 Å². The highest BCUT2D eigenvalue weighted by molar-refractivity contribution is 5.85. The zero-order valence-electron chi connectivity index (χ0n) is 12.9. The first kappa shape index (κ1) is 18.9. The Morgan fingerprint density at radius 1 is 1.14 bits per heavy atom. The van der Waals surface area contributed by atoms with Gasteiger partial charge in [-0.05, 0) is 31.2 Å². The van der Waals surface area contributed by atoms with Crippen LogP contribution in [0.25, 0.3) is 0 Å². The molecule has 0 unspecified atom stereocenters. The quantitative estimate of drug-likeness (QED) is 0.783. The van der Waals surface area contributed by atoms with Gasteiger partial charge >= 0.3 is 11.9 Å². The molecule has 0 amide bonds. The van der Waals surface area contributed by atoms with Crippen LogP contribution in [0.5, 0.6) is 0 Å². The van der Waals surface area contributed by atoms with Crippen LogP contribution in [0.1, 0.15) is 39.2 Å². The van der Waals surface area contributed by atoms with Crippen LogP contribution in [0.4, 0.5) is 0 Å². The molecule has 0 spiro atoms. The highest BCUT2D eigenvalue weighted by Gasteiger charge is 1.98. The van der Waals surface area contributed by atoms with Gasteiger partial charge in [0.05, 0.1) is 0 Å². The van der Waals surface area contributed by atoms with Gasteiger partial charge in [0.2, 0.25) is 0 Å². The predicted octanol–water partition coefficient (Wildman–Crippen LogP) is 3.77. The Bertz CT molecular complexity index is 461. The largest absolute Gasteiger partial charge is 0.481 e. The van der Waals surface area contributed by atoms with Gasteiger partial charge in [0, 0.05) is 12.0 Å². The van der Waals surface area contributed by atoms with Gasteiger partial charge in [0.15, 0.2) is 0 Å². The summed E-state index contributed by atoms with van der Waals surface area (Å²) in [6.45, 7) is 5.64. The topological polar surface area (TPSA) is 74.6 Å². The molecule has 1 rings (SSSR count). The lowest BCUT2D eigenvalue weighted by Crippen LogP contribution is -1.97. The fraction of sp³-hybridized carbons (Fsp3) is 0.412. The summed E-state index contributed by atoms with van der Waals surface area (Å²) in [5.41, 5.74) is 1.52. The number of hydrogen-bond acceptors (Lipinski definition) is 2. The maximum atomic E-state index is 10.5. The van der Waals surface area contributed by atoms with Crippen LogP contribution in [-0.2, 0) is 16.0 Å². The third kappa shape index (κ3) is 11.4. The van der Waals surface area contributed by atoms with Gasteiger partial charge in [-0.3, -0.25) is 4.79 Å². The van der Waals surface area contributed by atoms with Crippen molar-refractivity contribution in [3.63, 3.8) is 0 Å². The maximum Gasteiger partial charge on any atom is 0.330 e. The Balaban J connectivity index is 0.000000433. The van der Waals surface area contributed by atoms with E-state index in [0.717, 1.165) is 12.0 Å². The minimum Gasteiger partial charge on any atom is -0.481 e. The van der Waals surface area contributed by atoms with Gasteiger partial charge in [0.25, 0.3) is 0 Å². The van der Waals surface area contributed by atoms with E-state index in [4.69, 9.17) is 10.2 Å². The highest BCUT2D eigenvalue weighted by Crippen LogP contribution is 2.03. The summed E-state index contributed by atoms with van der Waals surface area (Å²) in [5, 5.41) is 16.8. The Hall–Kier alpha value is -2.10. The molecule has 4 heteroatoms. The molecule has 4 nitrogen and oxygen atoms in total. The number of carbonyl (C=O) groups is 2. The van der Waals surface area contributed by atoms with E-state index in [2.05, 4.69) is 0 Å². The molecule has 116 valence electrons. The average Bonchev–Trinajstić information content (AvgIpc) is 2.44. The van der Waals surface area contributed by atoms with E-state index >= 15 is 0 Å². The molecule has 0 heterocycles. The molecule has 0 aliphatic carbocycles. The summed E-state index contributed by atoms with van der Waals surface area (Å²) in [7, 11) is 0. The van der Waals surface area contributed by atoms with E-state index < -0.39 is 11.9 Å². The molecule has 21 heavy (non-hydrogen) atoms. The lowest BCUT2D eigenvalue weighted by molar-refractivity contribution is -0.137. The number of rotatable bonds is 6. The van der Waals surface area contributed by atoms with Crippen molar-refractivity contribution >= 4 is 11.9 Å². The van der Waals surface area contributed by atoms with Crippen LogP contribution in [0, 0.1) is 5.92 Å². The molecular formula is C17H24O4. The number of carboxylic acids is 2. The Kier molecular flexibility index (Phi) is 9.59. The smallest absolute Gasteiger partial charge is 0.330 e. The maximum absolute atomic E-state index is 10.5. The summed E-state index contributed by atoms with van der Waals surface area (Å²) in [5.74, 6) is -1.04. The van der Waals surface area contributed by atoms with Gasteiger partial charge in [-0.2, -0.15) is 0 Å². The van der Waals surface area contributed by atoms with Crippen LogP contribution in [0.3, 0.4) is 0 Å². The normalized spacial score (nSPS) is 10.8. The summed E-state index contributed by atoms with van der Waals surface area (Å²) in [6, 6.07) is 9.78. The van der Waals surface area contributed by atoms with Gasteiger partial charge < -0.3 is 10.2 Å². The second-order valence-corrected chi connectivity index (χ2v) is 5.21. The standard InChI is InChI=1S/C11H12O2.C6H12O2/c1-9(11(12)13)7-8-10-5-3-2-4-6-10;1-5(2)3-4-6(7)8/h2-7H,8H2,1H3,(H,12,13);5H,3-4H2,1-2H3,(H,7,8). The van der Waals surface area contributed by atoms with Crippen molar-refractivity contribution in [2.24, 2.45) is 5.92 Å². The Morgan fingerprint density at radius 2 is 1.71 bits per heavy atom. The van der Waals surface area contributed by atoms with E-state index in [1.165, 1.54) is 0 Å². The van der Waals surface area contributed by atoms with Crippen LogP contribution >= 0.6 is 0 Å². The van der Waals surface area contributed by atoms with Gasteiger partial charge in [-0.1, -0.05) is 50.3 Å². The van der Waals surface area contributed by atoms with Crippen LogP contribution in [-0.4, -0.2) is 22.2 Å². The van der Waals surface area contributed by atoms with E-state index in [-0.39, 0.29) is 0 Å². The monoisotopic (exact) mass is 292 g/mol.